The van der Waals surface area contributed by atoms with Crippen LogP contribution in [0.25, 0.3) is 22.7 Å². The molecule has 1 aromatic carbocycles. The highest BCUT2D eigenvalue weighted by Crippen LogP contribution is 2.23. The largest absolute Gasteiger partial charge is 0.459 e. The number of aromatic amines is 2. The van der Waals surface area contributed by atoms with E-state index in [1.807, 2.05) is 0 Å². The molecule has 25 heavy (non-hydrogen) atoms. The highest BCUT2D eigenvalue weighted by atomic mass is 32.2. The Hall–Kier alpha value is -3.27. The molecule has 0 radical (unpaired) electrons. The summed E-state index contributed by atoms with van der Waals surface area (Å²) in [6.07, 6.45) is 1.51. The Bertz CT molecular complexity index is 1080. The van der Waals surface area contributed by atoms with Crippen LogP contribution in [-0.4, -0.2) is 31.8 Å². The van der Waals surface area contributed by atoms with Crippen molar-refractivity contribution in [1.29, 1.82) is 0 Å². The molecule has 0 unspecified atom stereocenters. The summed E-state index contributed by atoms with van der Waals surface area (Å²) in [6, 6.07) is 8.52. The van der Waals surface area contributed by atoms with Crippen LogP contribution >= 0.6 is 11.8 Å². The zero-order valence-electron chi connectivity index (χ0n) is 12.6. The van der Waals surface area contributed by atoms with Gasteiger partial charge in [-0.3, -0.25) is 4.79 Å². The molecule has 0 aliphatic carbocycles. The topological polar surface area (TPSA) is 130 Å². The Kier molecular flexibility index (Phi) is 3.86. The fourth-order valence-corrected chi connectivity index (χ4v) is 2.77. The Morgan fingerprint density at radius 1 is 1.20 bits per heavy atom. The lowest BCUT2D eigenvalue weighted by Crippen LogP contribution is -2.13. The van der Waals surface area contributed by atoms with E-state index in [-0.39, 0.29) is 28.5 Å². The number of imidazole rings is 1. The van der Waals surface area contributed by atoms with E-state index < -0.39 is 0 Å². The normalized spacial score (nSPS) is 11.0. The number of carbonyl (C=O) groups excluding carboxylic acids is 1. The molecule has 0 aliphatic heterocycles. The van der Waals surface area contributed by atoms with Gasteiger partial charge < -0.3 is 24.1 Å². The van der Waals surface area contributed by atoms with E-state index in [0.29, 0.717) is 22.5 Å². The van der Waals surface area contributed by atoms with E-state index in [4.69, 9.17) is 8.83 Å². The van der Waals surface area contributed by atoms with Crippen LogP contribution in [0.5, 0.6) is 0 Å². The molecular formula is C15H11N5O4S. The average molecular weight is 357 g/mol. The lowest BCUT2D eigenvalue weighted by atomic mass is 10.3. The summed E-state index contributed by atoms with van der Waals surface area (Å²) in [7, 11) is 0. The van der Waals surface area contributed by atoms with Gasteiger partial charge in [0.1, 0.15) is 0 Å². The summed E-state index contributed by atoms with van der Waals surface area (Å²) in [5.74, 6) is 0.592. The first-order chi connectivity index (χ1) is 12.2. The van der Waals surface area contributed by atoms with E-state index in [9.17, 15) is 9.59 Å². The SMILES string of the molecule is O=C(CSc1nnc(-c2ccco2)o1)Nc1ccc2[nH]c(=O)[nH]c2c1. The van der Waals surface area contributed by atoms with Crippen LogP contribution in [0.15, 0.2) is 55.4 Å². The molecule has 0 fully saturated rings. The molecular weight excluding hydrogens is 346 g/mol. The number of amides is 1. The molecule has 10 heteroatoms. The molecule has 4 aromatic rings. The molecule has 0 aliphatic rings. The Morgan fingerprint density at radius 2 is 2.08 bits per heavy atom. The Morgan fingerprint density at radius 3 is 2.92 bits per heavy atom. The molecule has 0 atom stereocenters. The fraction of sp³-hybridized carbons (Fsp3) is 0.0667. The second-order valence-electron chi connectivity index (χ2n) is 5.03. The van der Waals surface area contributed by atoms with Crippen LogP contribution in [0.1, 0.15) is 0 Å². The molecule has 0 saturated carbocycles. The number of nitrogens with zero attached hydrogens (tertiary/aromatic N) is 2. The van der Waals surface area contributed by atoms with Gasteiger partial charge in [0.25, 0.3) is 11.1 Å². The number of anilines is 1. The second-order valence-corrected chi connectivity index (χ2v) is 5.95. The molecule has 3 aromatic heterocycles. The van der Waals surface area contributed by atoms with Crippen LogP contribution < -0.4 is 11.0 Å². The van der Waals surface area contributed by atoms with Crippen molar-refractivity contribution in [1.82, 2.24) is 20.2 Å². The van der Waals surface area contributed by atoms with Crippen molar-refractivity contribution in [3.05, 3.63) is 47.1 Å². The van der Waals surface area contributed by atoms with Crippen LogP contribution in [-0.2, 0) is 4.79 Å². The minimum Gasteiger partial charge on any atom is -0.459 e. The number of rotatable bonds is 5. The van der Waals surface area contributed by atoms with Gasteiger partial charge in [-0.05, 0) is 30.3 Å². The van der Waals surface area contributed by atoms with Crippen molar-refractivity contribution in [2.45, 2.75) is 5.22 Å². The number of nitrogens with one attached hydrogen (secondary N) is 3. The molecule has 3 N–H and O–H groups in total. The van der Waals surface area contributed by atoms with E-state index in [2.05, 4.69) is 25.5 Å². The van der Waals surface area contributed by atoms with E-state index in [1.165, 1.54) is 6.26 Å². The first kappa shape index (κ1) is 15.3. The quantitative estimate of drug-likeness (QED) is 0.467. The van der Waals surface area contributed by atoms with Crippen molar-refractivity contribution in [2.24, 2.45) is 0 Å². The van der Waals surface area contributed by atoms with E-state index >= 15 is 0 Å². The van der Waals surface area contributed by atoms with Crippen LogP contribution in [0.4, 0.5) is 5.69 Å². The van der Waals surface area contributed by atoms with Crippen molar-refractivity contribution in [2.75, 3.05) is 11.1 Å². The molecule has 3 heterocycles. The van der Waals surface area contributed by atoms with Crippen LogP contribution in [0.3, 0.4) is 0 Å². The van der Waals surface area contributed by atoms with Gasteiger partial charge >= 0.3 is 5.69 Å². The third-order valence-electron chi connectivity index (χ3n) is 3.26. The van der Waals surface area contributed by atoms with Crippen LogP contribution in [0, 0.1) is 0 Å². The number of furan rings is 1. The van der Waals surface area contributed by atoms with Crippen molar-refractivity contribution in [3.63, 3.8) is 0 Å². The van der Waals surface area contributed by atoms with Crippen molar-refractivity contribution >= 4 is 34.4 Å². The first-order valence-electron chi connectivity index (χ1n) is 7.19. The summed E-state index contributed by atoms with van der Waals surface area (Å²) < 4.78 is 10.6. The summed E-state index contributed by atoms with van der Waals surface area (Å²) in [5.41, 5.74) is 1.58. The third kappa shape index (κ3) is 3.33. The maximum absolute atomic E-state index is 12.0. The number of hydrogen-bond acceptors (Lipinski definition) is 7. The molecule has 0 bridgehead atoms. The predicted molar refractivity (Wildman–Crippen MR) is 90.3 cm³/mol. The number of H-pyrrole nitrogens is 2. The number of aromatic nitrogens is 4. The number of carbonyl (C=O) groups is 1. The average Bonchev–Trinajstić information content (AvgIpc) is 3.32. The smallest absolute Gasteiger partial charge is 0.323 e. The molecule has 9 nitrogen and oxygen atoms in total. The van der Waals surface area contributed by atoms with E-state index in [1.54, 1.807) is 30.3 Å². The van der Waals surface area contributed by atoms with Gasteiger partial charge in [-0.2, -0.15) is 0 Å². The Labute approximate surface area is 143 Å². The molecule has 126 valence electrons. The third-order valence-corrected chi connectivity index (χ3v) is 4.08. The molecule has 1 amide bonds. The van der Waals surface area contributed by atoms with Gasteiger partial charge in [0.05, 0.1) is 23.0 Å². The number of fused-ring (bicyclic) bond motifs is 1. The van der Waals surface area contributed by atoms with Crippen molar-refractivity contribution in [3.8, 4) is 11.7 Å². The number of hydrogen-bond donors (Lipinski definition) is 3. The Balaban J connectivity index is 1.37. The monoisotopic (exact) mass is 357 g/mol. The van der Waals surface area contributed by atoms with Gasteiger partial charge in [0, 0.05) is 5.69 Å². The summed E-state index contributed by atoms with van der Waals surface area (Å²) in [6.45, 7) is 0. The zero-order chi connectivity index (χ0) is 17.2. The van der Waals surface area contributed by atoms with Gasteiger partial charge in [0.15, 0.2) is 5.76 Å². The fourth-order valence-electron chi connectivity index (χ4n) is 2.20. The summed E-state index contributed by atoms with van der Waals surface area (Å²) >= 11 is 1.12. The summed E-state index contributed by atoms with van der Waals surface area (Å²) in [4.78, 5) is 28.6. The minimum atomic E-state index is -0.294. The van der Waals surface area contributed by atoms with Gasteiger partial charge in [0.2, 0.25) is 5.91 Å². The first-order valence-corrected chi connectivity index (χ1v) is 8.18. The van der Waals surface area contributed by atoms with Crippen LogP contribution in [0.2, 0.25) is 0 Å². The predicted octanol–water partition coefficient (Wildman–Crippen LogP) is 2.23. The second kappa shape index (κ2) is 6.32. The lowest BCUT2D eigenvalue weighted by Gasteiger charge is -2.03. The standard InChI is InChI=1S/C15H11N5O4S/c21-12(16-8-3-4-9-10(6-8)18-14(22)17-9)7-25-15-20-19-13(24-15)11-2-1-5-23-11/h1-6H,7H2,(H,16,21)(H2,17,18,22). The van der Waals surface area contributed by atoms with Gasteiger partial charge in [-0.25, -0.2) is 4.79 Å². The maximum atomic E-state index is 12.0. The van der Waals surface area contributed by atoms with Crippen molar-refractivity contribution < 1.29 is 13.6 Å². The highest BCUT2D eigenvalue weighted by molar-refractivity contribution is 7.99. The lowest BCUT2D eigenvalue weighted by molar-refractivity contribution is -0.113. The number of benzene rings is 1. The highest BCUT2D eigenvalue weighted by Gasteiger charge is 2.13. The van der Waals surface area contributed by atoms with Gasteiger partial charge in [-0.15, -0.1) is 10.2 Å². The zero-order valence-corrected chi connectivity index (χ0v) is 13.4. The summed E-state index contributed by atoms with van der Waals surface area (Å²) in [5, 5.41) is 10.7. The molecule has 4 rings (SSSR count). The maximum Gasteiger partial charge on any atom is 0.323 e. The molecule has 0 spiro atoms. The van der Waals surface area contributed by atoms with Gasteiger partial charge in [-0.1, -0.05) is 11.8 Å². The number of thioether (sulfide) groups is 1. The minimum absolute atomic E-state index is 0.0987. The van der Waals surface area contributed by atoms with E-state index in [0.717, 1.165) is 11.8 Å². The molecule has 0 saturated heterocycles.